The molecular formula is C15H11ClFNO3S. The number of carbonyl (C=O) groups excluding carboxylic acids is 1. The minimum atomic E-state index is -0.476. The first-order chi connectivity index (χ1) is 10.6. The Morgan fingerprint density at radius 3 is 2.86 bits per heavy atom. The number of hydrogen-bond acceptors (Lipinski definition) is 4. The van der Waals surface area contributed by atoms with Gasteiger partial charge in [0.05, 0.1) is 10.8 Å². The molecular weight excluding hydrogens is 329 g/mol. The molecule has 1 heterocycles. The van der Waals surface area contributed by atoms with Crippen molar-refractivity contribution in [1.82, 2.24) is 0 Å². The molecule has 0 aliphatic carbocycles. The van der Waals surface area contributed by atoms with E-state index in [0.29, 0.717) is 17.2 Å². The maximum atomic E-state index is 13.1. The SMILES string of the molecule is O=C(CSc1ccc(F)c(Cl)c1)Nc1ccc2c(c1)OCO2. The minimum Gasteiger partial charge on any atom is -0.454 e. The van der Waals surface area contributed by atoms with Gasteiger partial charge in [-0.25, -0.2) is 4.39 Å². The predicted octanol–water partition coefficient (Wildman–Crippen LogP) is 3.94. The van der Waals surface area contributed by atoms with Crippen molar-refractivity contribution in [3.05, 3.63) is 47.2 Å². The monoisotopic (exact) mass is 339 g/mol. The second-order valence-corrected chi connectivity index (χ2v) is 5.94. The molecule has 2 aromatic rings. The van der Waals surface area contributed by atoms with Gasteiger partial charge in [-0.3, -0.25) is 4.79 Å². The van der Waals surface area contributed by atoms with Gasteiger partial charge in [0, 0.05) is 16.6 Å². The highest BCUT2D eigenvalue weighted by Gasteiger charge is 2.14. The lowest BCUT2D eigenvalue weighted by molar-refractivity contribution is -0.113. The molecule has 0 atom stereocenters. The van der Waals surface area contributed by atoms with Crippen LogP contribution in [-0.4, -0.2) is 18.5 Å². The molecule has 0 spiro atoms. The van der Waals surface area contributed by atoms with E-state index in [2.05, 4.69) is 5.32 Å². The maximum Gasteiger partial charge on any atom is 0.234 e. The van der Waals surface area contributed by atoms with Gasteiger partial charge < -0.3 is 14.8 Å². The largest absolute Gasteiger partial charge is 0.454 e. The standard InChI is InChI=1S/C15H11ClFNO3S/c16-11-6-10(2-3-12(11)17)22-7-15(19)18-9-1-4-13-14(5-9)21-8-20-13/h1-6H,7-8H2,(H,18,19). The summed E-state index contributed by atoms with van der Waals surface area (Å²) in [4.78, 5) is 12.7. The van der Waals surface area contributed by atoms with Crippen molar-refractivity contribution in [3.8, 4) is 11.5 Å². The van der Waals surface area contributed by atoms with E-state index in [0.717, 1.165) is 4.90 Å². The van der Waals surface area contributed by atoms with E-state index >= 15 is 0 Å². The first kappa shape index (κ1) is 15.0. The number of anilines is 1. The van der Waals surface area contributed by atoms with E-state index in [1.807, 2.05) is 0 Å². The zero-order chi connectivity index (χ0) is 15.5. The maximum absolute atomic E-state index is 13.1. The predicted molar refractivity (Wildman–Crippen MR) is 83.3 cm³/mol. The highest BCUT2D eigenvalue weighted by atomic mass is 35.5. The van der Waals surface area contributed by atoms with Gasteiger partial charge in [0.2, 0.25) is 12.7 Å². The summed E-state index contributed by atoms with van der Waals surface area (Å²) in [6, 6.07) is 9.55. The molecule has 0 saturated carbocycles. The molecule has 0 aromatic heterocycles. The second kappa shape index (κ2) is 6.46. The number of carbonyl (C=O) groups is 1. The van der Waals surface area contributed by atoms with Crippen LogP contribution in [0.25, 0.3) is 0 Å². The van der Waals surface area contributed by atoms with Crippen LogP contribution in [0.4, 0.5) is 10.1 Å². The lowest BCUT2D eigenvalue weighted by atomic mass is 10.3. The smallest absolute Gasteiger partial charge is 0.234 e. The fourth-order valence-electron chi connectivity index (χ4n) is 1.89. The molecule has 1 aliphatic rings. The fraction of sp³-hybridized carbons (Fsp3) is 0.133. The molecule has 1 aliphatic heterocycles. The average molecular weight is 340 g/mol. The summed E-state index contributed by atoms with van der Waals surface area (Å²) in [5.74, 6) is 0.806. The topological polar surface area (TPSA) is 47.6 Å². The van der Waals surface area contributed by atoms with Crippen LogP contribution in [0, 0.1) is 5.82 Å². The normalized spacial score (nSPS) is 12.3. The Bertz CT molecular complexity index is 726. The third-order valence-corrected chi connectivity index (χ3v) is 4.20. The van der Waals surface area contributed by atoms with Crippen molar-refractivity contribution in [2.24, 2.45) is 0 Å². The van der Waals surface area contributed by atoms with Crippen LogP contribution >= 0.6 is 23.4 Å². The Balaban J connectivity index is 1.57. The number of fused-ring (bicyclic) bond motifs is 1. The van der Waals surface area contributed by atoms with Crippen LogP contribution in [0.5, 0.6) is 11.5 Å². The molecule has 114 valence electrons. The molecule has 22 heavy (non-hydrogen) atoms. The number of rotatable bonds is 4. The van der Waals surface area contributed by atoms with Crippen molar-refractivity contribution >= 4 is 35.0 Å². The third-order valence-electron chi connectivity index (χ3n) is 2.92. The van der Waals surface area contributed by atoms with Gasteiger partial charge in [-0.15, -0.1) is 11.8 Å². The Morgan fingerprint density at radius 2 is 2.05 bits per heavy atom. The summed E-state index contributed by atoms with van der Waals surface area (Å²) in [7, 11) is 0. The fourth-order valence-corrected chi connectivity index (χ4v) is 2.87. The second-order valence-electron chi connectivity index (χ2n) is 4.48. The average Bonchev–Trinajstić information content (AvgIpc) is 2.96. The van der Waals surface area contributed by atoms with Crippen LogP contribution < -0.4 is 14.8 Å². The van der Waals surface area contributed by atoms with Crippen molar-refractivity contribution in [2.75, 3.05) is 17.9 Å². The van der Waals surface area contributed by atoms with E-state index < -0.39 is 5.82 Å². The zero-order valence-corrected chi connectivity index (χ0v) is 12.8. The quantitative estimate of drug-likeness (QED) is 0.857. The van der Waals surface area contributed by atoms with E-state index in [1.165, 1.54) is 23.9 Å². The van der Waals surface area contributed by atoms with Gasteiger partial charge in [0.25, 0.3) is 0 Å². The van der Waals surface area contributed by atoms with Crippen molar-refractivity contribution < 1.29 is 18.7 Å². The van der Waals surface area contributed by atoms with Crippen LogP contribution in [-0.2, 0) is 4.79 Å². The zero-order valence-electron chi connectivity index (χ0n) is 11.3. The van der Waals surface area contributed by atoms with E-state index in [9.17, 15) is 9.18 Å². The van der Waals surface area contributed by atoms with Gasteiger partial charge in [-0.05, 0) is 30.3 Å². The number of hydrogen-bond donors (Lipinski definition) is 1. The molecule has 0 saturated heterocycles. The summed E-state index contributed by atoms with van der Waals surface area (Å²) in [5, 5.41) is 2.81. The lowest BCUT2D eigenvalue weighted by Crippen LogP contribution is -2.13. The number of amides is 1. The first-order valence-electron chi connectivity index (χ1n) is 6.39. The number of nitrogens with one attached hydrogen (secondary N) is 1. The summed E-state index contributed by atoms with van der Waals surface area (Å²) >= 11 is 6.98. The van der Waals surface area contributed by atoms with E-state index in [4.69, 9.17) is 21.1 Å². The van der Waals surface area contributed by atoms with Crippen molar-refractivity contribution in [2.45, 2.75) is 4.90 Å². The Morgan fingerprint density at radius 1 is 1.23 bits per heavy atom. The number of benzene rings is 2. The molecule has 0 fully saturated rings. The summed E-state index contributed by atoms with van der Waals surface area (Å²) in [6.45, 7) is 0.188. The highest BCUT2D eigenvalue weighted by Crippen LogP contribution is 2.34. The van der Waals surface area contributed by atoms with Crippen molar-refractivity contribution in [3.63, 3.8) is 0 Å². The number of thioether (sulfide) groups is 1. The molecule has 4 nitrogen and oxygen atoms in total. The first-order valence-corrected chi connectivity index (χ1v) is 7.75. The molecule has 3 rings (SSSR count). The summed E-state index contributed by atoms with van der Waals surface area (Å²) in [5.41, 5.74) is 0.631. The van der Waals surface area contributed by atoms with Crippen LogP contribution in [0.3, 0.4) is 0 Å². The van der Waals surface area contributed by atoms with Gasteiger partial charge in [-0.1, -0.05) is 11.6 Å². The van der Waals surface area contributed by atoms with Crippen LogP contribution in [0.1, 0.15) is 0 Å². The molecule has 0 radical (unpaired) electrons. The Kier molecular flexibility index (Phi) is 4.40. The summed E-state index contributed by atoms with van der Waals surface area (Å²) in [6.07, 6.45) is 0. The van der Waals surface area contributed by atoms with Gasteiger partial charge in [0.15, 0.2) is 11.5 Å². The van der Waals surface area contributed by atoms with Crippen molar-refractivity contribution in [1.29, 1.82) is 0 Å². The van der Waals surface area contributed by atoms with Crippen LogP contribution in [0.15, 0.2) is 41.3 Å². The number of ether oxygens (including phenoxy) is 2. The third kappa shape index (κ3) is 3.45. The Labute approximate surface area is 135 Å². The van der Waals surface area contributed by atoms with Gasteiger partial charge in [0.1, 0.15) is 5.82 Å². The van der Waals surface area contributed by atoms with Gasteiger partial charge in [-0.2, -0.15) is 0 Å². The minimum absolute atomic E-state index is 0.0428. The molecule has 1 N–H and O–H groups in total. The lowest BCUT2D eigenvalue weighted by Gasteiger charge is -2.06. The van der Waals surface area contributed by atoms with E-state index in [1.54, 1.807) is 24.3 Å². The Hall–Kier alpha value is -1.92. The molecule has 0 unspecified atom stereocenters. The van der Waals surface area contributed by atoms with Crippen LogP contribution in [0.2, 0.25) is 5.02 Å². The molecule has 2 aromatic carbocycles. The molecule has 1 amide bonds. The van der Waals surface area contributed by atoms with Gasteiger partial charge >= 0.3 is 0 Å². The highest BCUT2D eigenvalue weighted by molar-refractivity contribution is 8.00. The molecule has 7 heteroatoms. The number of halogens is 2. The van der Waals surface area contributed by atoms with E-state index in [-0.39, 0.29) is 23.5 Å². The molecule has 0 bridgehead atoms. The summed E-state index contributed by atoms with van der Waals surface area (Å²) < 4.78 is 23.5.